The monoisotopic (exact) mass is 957 g/mol. The lowest BCUT2D eigenvalue weighted by Gasteiger charge is -2.34. The van der Waals surface area contributed by atoms with Crippen LogP contribution in [0, 0.1) is 11.3 Å². The smallest absolute Gasteiger partial charge is 0.407 e. The number of aromatic nitrogens is 2. The van der Waals surface area contributed by atoms with Crippen LogP contribution in [-0.4, -0.2) is 111 Å². The molecule has 1 aromatic heterocycles. The molecule has 3 amide bonds. The molecule has 0 bridgehead atoms. The van der Waals surface area contributed by atoms with E-state index in [2.05, 4.69) is 46.5 Å². The maximum Gasteiger partial charge on any atom is 0.407 e. The van der Waals surface area contributed by atoms with Crippen LogP contribution in [0.2, 0.25) is 0 Å². The molecule has 1 unspecified atom stereocenters. The van der Waals surface area contributed by atoms with Gasteiger partial charge in [-0.25, -0.2) is 19.8 Å². The van der Waals surface area contributed by atoms with Crippen molar-refractivity contribution in [3.8, 4) is 22.3 Å². The van der Waals surface area contributed by atoms with Gasteiger partial charge in [-0.1, -0.05) is 88.4 Å². The van der Waals surface area contributed by atoms with E-state index in [4.69, 9.17) is 14.7 Å². The van der Waals surface area contributed by atoms with E-state index in [0.717, 1.165) is 72.6 Å². The molecule has 364 valence electrons. The van der Waals surface area contributed by atoms with Crippen LogP contribution in [0.1, 0.15) is 101 Å². The lowest BCUT2D eigenvalue weighted by Crippen LogP contribution is -2.51. The van der Waals surface area contributed by atoms with Gasteiger partial charge in [0.25, 0.3) is 5.92 Å². The molecular weight excluding hydrogens is 893 g/mol. The second-order valence-corrected chi connectivity index (χ2v) is 24.6. The average Bonchev–Trinajstić information content (AvgIpc) is 3.56. The minimum absolute atomic E-state index is 0.0388. The summed E-state index contributed by atoms with van der Waals surface area (Å²) in [4.78, 5) is 60.3. The highest BCUT2D eigenvalue weighted by molar-refractivity contribution is 8.32. The van der Waals surface area contributed by atoms with E-state index in [0.29, 0.717) is 39.5 Å². The van der Waals surface area contributed by atoms with Gasteiger partial charge in [-0.05, 0) is 133 Å². The molecule has 3 heterocycles. The van der Waals surface area contributed by atoms with Gasteiger partial charge in [-0.15, -0.1) is 0 Å². The Morgan fingerprint density at radius 2 is 1.59 bits per heavy atom. The Morgan fingerprint density at radius 3 is 2.26 bits per heavy atom. The van der Waals surface area contributed by atoms with E-state index in [1.165, 1.54) is 7.11 Å². The number of aromatic amines is 1. The van der Waals surface area contributed by atoms with Gasteiger partial charge >= 0.3 is 6.09 Å². The molecule has 5 aromatic rings. The summed E-state index contributed by atoms with van der Waals surface area (Å²) in [5.74, 6) is -1.53. The highest BCUT2D eigenvalue weighted by Gasteiger charge is 2.55. The minimum atomic E-state index is -3.24. The number of allylic oxidation sites excluding steroid dienone is 1. The molecule has 4 aromatic carbocycles. The van der Waals surface area contributed by atoms with Crippen LogP contribution in [0.3, 0.4) is 0 Å². The third kappa shape index (κ3) is 9.10. The largest absolute Gasteiger partial charge is 0.453 e. The number of ether oxygens (including phenoxy) is 1. The second kappa shape index (κ2) is 18.5. The van der Waals surface area contributed by atoms with Crippen LogP contribution >= 0.6 is 10.0 Å². The highest BCUT2D eigenvalue weighted by Crippen LogP contribution is 2.56. The molecule has 4 aliphatic rings. The lowest BCUT2D eigenvalue weighted by molar-refractivity contribution is -0.137. The number of alkyl carbamates (subject to hydrolysis) is 1. The number of carbonyl (C=O) groups excluding carboxylic acids is 3. The quantitative estimate of drug-likeness (QED) is 0.113. The Morgan fingerprint density at radius 1 is 0.928 bits per heavy atom. The first-order valence-electron chi connectivity index (χ1n) is 24.2. The fourth-order valence-corrected chi connectivity index (χ4v) is 13.2. The van der Waals surface area contributed by atoms with Crippen molar-refractivity contribution in [2.75, 3.05) is 50.9 Å². The van der Waals surface area contributed by atoms with Crippen molar-refractivity contribution in [3.05, 3.63) is 119 Å². The molecule has 69 heavy (non-hydrogen) atoms. The zero-order valence-electron chi connectivity index (χ0n) is 41.2. The van der Waals surface area contributed by atoms with Crippen LogP contribution < -0.4 is 5.32 Å². The van der Waals surface area contributed by atoms with Crippen LogP contribution in [0.15, 0.2) is 96.1 Å². The number of halogens is 2. The Bertz CT molecular complexity index is 2870. The standard InChI is InChI=1S/C55H65F2N7O4S/c1-10-62(11-2)49(36-15-13-12-14-16-36)52(66)63-31-54(23-24-54)28-46(63)35(6)58-29-34(5)37-17-20-40-41-21-18-38(26-43(41)55(56,57)42(40)25-37)39-19-22-44-45(27-39)60-50(59-44)47-30-69(8,9)32-64(47)51(65)48(33(3)4)61-53(67)68-7/h12-22,25-27,29,33,46-49H,10-11,23-24,28,30-32H2,1-9H3,(H,59,60)(H,61,67)/b34-29+,58-35?/t46-,47-,48?,49+/m0/s1. The fraction of sp³-hybridized carbons (Fsp3) is 0.436. The van der Waals surface area contributed by atoms with Gasteiger partial charge in [-0.3, -0.25) is 19.5 Å². The van der Waals surface area contributed by atoms with Gasteiger partial charge in [0.15, 0.2) is 0 Å². The van der Waals surface area contributed by atoms with Gasteiger partial charge < -0.3 is 24.8 Å². The molecule has 1 spiro atoms. The van der Waals surface area contributed by atoms with Gasteiger partial charge in [0.05, 0.1) is 36.1 Å². The number of carbonyl (C=O) groups is 3. The summed E-state index contributed by atoms with van der Waals surface area (Å²) in [6, 6.07) is 24.7. The SMILES string of the molecule is CCN(CC)[C@@H](C(=O)N1CC2(CC2)C[C@H]1C(C)=N/C=C(\C)c1ccc2c(c1)C(F)(F)c1cc(-c3ccc4nc([C@@H]5CS(C)(C)CN5C(=O)C(NC(=O)OC)C(C)C)[nH]c4c3)ccc1-2)c1ccccc1. The zero-order valence-corrected chi connectivity index (χ0v) is 42.1. The summed E-state index contributed by atoms with van der Waals surface area (Å²) in [5.41, 5.74) is 7.16. The summed E-state index contributed by atoms with van der Waals surface area (Å²) < 4.78 is 38.2. The molecule has 2 aliphatic carbocycles. The maximum atomic E-state index is 16.7. The molecule has 0 radical (unpaired) electrons. The van der Waals surface area contributed by atoms with Crippen molar-refractivity contribution in [2.24, 2.45) is 16.3 Å². The van der Waals surface area contributed by atoms with Crippen LogP contribution in [0.25, 0.3) is 38.9 Å². The van der Waals surface area contributed by atoms with Crippen molar-refractivity contribution < 1.29 is 27.9 Å². The van der Waals surface area contributed by atoms with Gasteiger partial charge in [0, 0.05) is 35.3 Å². The molecule has 14 heteroatoms. The Balaban J connectivity index is 0.944. The number of likely N-dealkylation sites (tertiary alicyclic amines) is 1. The number of imidazole rings is 1. The molecule has 1 saturated carbocycles. The number of fused-ring (bicyclic) bond motifs is 4. The number of H-pyrrole nitrogens is 1. The van der Waals surface area contributed by atoms with E-state index in [1.54, 1.807) is 30.5 Å². The number of nitrogens with one attached hydrogen (secondary N) is 2. The van der Waals surface area contributed by atoms with E-state index >= 15 is 8.78 Å². The third-order valence-electron chi connectivity index (χ3n) is 15.0. The Labute approximate surface area is 406 Å². The number of nitrogens with zero attached hydrogens (tertiary/aromatic N) is 5. The minimum Gasteiger partial charge on any atom is -0.453 e. The van der Waals surface area contributed by atoms with E-state index in [-0.39, 0.29) is 52.4 Å². The summed E-state index contributed by atoms with van der Waals surface area (Å²) in [7, 11) is 0.0899. The van der Waals surface area contributed by atoms with Crippen molar-refractivity contribution in [2.45, 2.75) is 90.9 Å². The number of aliphatic imine (C=N–C) groups is 1. The van der Waals surface area contributed by atoms with Crippen molar-refractivity contribution in [1.82, 2.24) is 30.0 Å². The van der Waals surface area contributed by atoms with E-state index in [1.807, 2.05) is 93.3 Å². The lowest BCUT2D eigenvalue weighted by atomic mass is 9.98. The number of hydrogen-bond acceptors (Lipinski definition) is 7. The Hall–Kier alpha value is -5.86. The second-order valence-electron chi connectivity index (χ2n) is 20.5. The predicted molar refractivity (Wildman–Crippen MR) is 274 cm³/mol. The molecule has 4 atom stereocenters. The average molecular weight is 958 g/mol. The number of methoxy groups -OCH3 is 1. The van der Waals surface area contributed by atoms with Crippen molar-refractivity contribution in [3.63, 3.8) is 0 Å². The summed E-state index contributed by atoms with van der Waals surface area (Å²) in [6.45, 7) is 14.1. The number of benzene rings is 4. The van der Waals surface area contributed by atoms with Crippen LogP contribution in [-0.2, 0) is 20.2 Å². The molecule has 3 fully saturated rings. The number of rotatable bonds is 13. The zero-order chi connectivity index (χ0) is 49.2. The fourth-order valence-electron chi connectivity index (χ4n) is 10.8. The third-order valence-corrected chi connectivity index (χ3v) is 17.2. The summed E-state index contributed by atoms with van der Waals surface area (Å²) >= 11 is 0. The first-order chi connectivity index (χ1) is 32.9. The summed E-state index contributed by atoms with van der Waals surface area (Å²) in [6.07, 6.45) is 8.57. The highest BCUT2D eigenvalue weighted by atomic mass is 32.3. The Kier molecular flexibility index (Phi) is 12.9. The molecular formula is C55H65F2N7O4S. The van der Waals surface area contributed by atoms with E-state index < -0.39 is 28.1 Å². The first-order valence-corrected chi connectivity index (χ1v) is 27.0. The molecule has 2 saturated heterocycles. The van der Waals surface area contributed by atoms with E-state index in [9.17, 15) is 14.4 Å². The number of hydrogen-bond donors (Lipinski definition) is 2. The molecule has 2 N–H and O–H groups in total. The number of alkyl halides is 2. The van der Waals surface area contributed by atoms with Crippen molar-refractivity contribution >= 4 is 50.3 Å². The number of amides is 3. The van der Waals surface area contributed by atoms with Gasteiger partial charge in [0.2, 0.25) is 11.8 Å². The predicted octanol–water partition coefficient (Wildman–Crippen LogP) is 10.9. The van der Waals surface area contributed by atoms with Crippen molar-refractivity contribution in [1.29, 1.82) is 0 Å². The normalized spacial score (nSPS) is 21.4. The molecule has 2 aliphatic heterocycles. The summed E-state index contributed by atoms with van der Waals surface area (Å²) in [5, 5.41) is 2.72. The van der Waals surface area contributed by atoms with Gasteiger partial charge in [-0.2, -0.15) is 8.78 Å². The molecule has 11 nitrogen and oxygen atoms in total. The van der Waals surface area contributed by atoms with Crippen LogP contribution in [0.4, 0.5) is 13.6 Å². The topological polar surface area (TPSA) is 123 Å². The van der Waals surface area contributed by atoms with Crippen LogP contribution in [0.5, 0.6) is 0 Å². The first kappa shape index (κ1) is 48.2. The van der Waals surface area contributed by atoms with Gasteiger partial charge in [0.1, 0.15) is 17.9 Å². The maximum absolute atomic E-state index is 16.7. The molecule has 9 rings (SSSR count). The number of likely N-dealkylation sites (N-methyl/N-ethyl adjacent to an activating group) is 1.